The average molecular weight is 224 g/mol. The molecule has 0 aliphatic rings. The van der Waals surface area contributed by atoms with Crippen LogP contribution in [-0.4, -0.2) is 10.7 Å². The van der Waals surface area contributed by atoms with E-state index in [1.54, 1.807) is 6.20 Å². The highest BCUT2D eigenvalue weighted by atomic mass is 14.7. The molecule has 0 aliphatic heterocycles. The molecule has 2 rings (SSSR count). The van der Waals surface area contributed by atoms with Gasteiger partial charge in [-0.15, -0.1) is 0 Å². The lowest BCUT2D eigenvalue weighted by Crippen LogP contribution is -2.08. The number of aryl methyl sites for hydroxylation is 2. The lowest BCUT2D eigenvalue weighted by atomic mass is 9.97. The zero-order valence-electron chi connectivity index (χ0n) is 10.2. The zero-order chi connectivity index (χ0) is 12.3. The number of rotatable bonds is 3. The zero-order valence-corrected chi connectivity index (χ0v) is 10.2. The van der Waals surface area contributed by atoms with Crippen LogP contribution in [0.4, 0.5) is 0 Å². The first-order valence-electron chi connectivity index (χ1n) is 5.72. The van der Waals surface area contributed by atoms with E-state index >= 15 is 0 Å². The van der Waals surface area contributed by atoms with Gasteiger partial charge in [-0.3, -0.25) is 4.98 Å². The van der Waals surface area contributed by atoms with Crippen LogP contribution < -0.4 is 0 Å². The second-order valence-corrected chi connectivity index (χ2v) is 4.24. The minimum absolute atomic E-state index is 0.572. The molecular weight excluding hydrogens is 208 g/mol. The Balaban J connectivity index is 2.25. The molecule has 1 aromatic carbocycles. The highest BCUT2D eigenvalue weighted by molar-refractivity contribution is 5.98. The highest BCUT2D eigenvalue weighted by Gasteiger charge is 2.07. The molecule has 0 bridgehead atoms. The minimum Gasteiger partial charge on any atom is -0.303 e. The number of pyridine rings is 1. The van der Waals surface area contributed by atoms with Crippen LogP contribution in [0.2, 0.25) is 0 Å². The third-order valence-electron chi connectivity index (χ3n) is 2.97. The van der Waals surface area contributed by atoms with E-state index in [0.29, 0.717) is 12.1 Å². The standard InChI is InChI=1S/C15H16N2/c1-11-6-5-7-12(2)13(11)10-14(16)15-8-3-4-9-17-15/h3-9,16H,10H2,1-2H3. The minimum atomic E-state index is 0.572. The van der Waals surface area contributed by atoms with E-state index < -0.39 is 0 Å². The fourth-order valence-corrected chi connectivity index (χ4v) is 1.94. The Morgan fingerprint density at radius 2 is 1.76 bits per heavy atom. The Hall–Kier alpha value is -1.96. The maximum absolute atomic E-state index is 8.10. The smallest absolute Gasteiger partial charge is 0.0840 e. The lowest BCUT2D eigenvalue weighted by molar-refractivity contribution is 1.16. The topological polar surface area (TPSA) is 36.7 Å². The summed E-state index contributed by atoms with van der Waals surface area (Å²) in [6.45, 7) is 4.18. The molecular formula is C15H16N2. The van der Waals surface area contributed by atoms with Gasteiger partial charge in [0.2, 0.25) is 0 Å². The van der Waals surface area contributed by atoms with Crippen molar-refractivity contribution in [3.8, 4) is 0 Å². The number of benzene rings is 1. The molecule has 0 amide bonds. The summed E-state index contributed by atoms with van der Waals surface area (Å²) in [5.41, 5.74) is 5.05. The number of hydrogen-bond acceptors (Lipinski definition) is 2. The second kappa shape index (κ2) is 4.91. The van der Waals surface area contributed by atoms with Crippen LogP contribution >= 0.6 is 0 Å². The first-order chi connectivity index (χ1) is 8.18. The summed E-state index contributed by atoms with van der Waals surface area (Å²) in [6.07, 6.45) is 2.38. The van der Waals surface area contributed by atoms with Crippen molar-refractivity contribution >= 4 is 5.71 Å². The lowest BCUT2D eigenvalue weighted by Gasteiger charge is -2.10. The number of aromatic nitrogens is 1. The molecule has 0 atom stereocenters. The molecule has 0 radical (unpaired) electrons. The van der Waals surface area contributed by atoms with E-state index in [-0.39, 0.29) is 0 Å². The van der Waals surface area contributed by atoms with Crippen molar-refractivity contribution in [1.29, 1.82) is 5.41 Å². The van der Waals surface area contributed by atoms with Gasteiger partial charge in [0.15, 0.2) is 0 Å². The van der Waals surface area contributed by atoms with Crippen LogP contribution in [0.5, 0.6) is 0 Å². The van der Waals surface area contributed by atoms with Gasteiger partial charge in [0.05, 0.1) is 11.4 Å². The SMILES string of the molecule is Cc1cccc(C)c1CC(=N)c1ccccn1. The number of hydrogen-bond donors (Lipinski definition) is 1. The molecule has 0 spiro atoms. The van der Waals surface area contributed by atoms with Gasteiger partial charge in [-0.2, -0.15) is 0 Å². The Labute approximate surface area is 102 Å². The monoisotopic (exact) mass is 224 g/mol. The van der Waals surface area contributed by atoms with Crippen LogP contribution in [0.15, 0.2) is 42.6 Å². The van der Waals surface area contributed by atoms with Crippen molar-refractivity contribution in [1.82, 2.24) is 4.98 Å². The largest absolute Gasteiger partial charge is 0.303 e. The molecule has 1 N–H and O–H groups in total. The summed E-state index contributed by atoms with van der Waals surface area (Å²) < 4.78 is 0. The number of nitrogens with one attached hydrogen (secondary N) is 1. The first kappa shape index (κ1) is 11.5. The highest BCUT2D eigenvalue weighted by Crippen LogP contribution is 2.15. The molecule has 0 saturated carbocycles. The van der Waals surface area contributed by atoms with E-state index in [0.717, 1.165) is 5.69 Å². The molecule has 2 heteroatoms. The van der Waals surface area contributed by atoms with Crippen molar-refractivity contribution in [2.75, 3.05) is 0 Å². The normalized spacial score (nSPS) is 10.2. The van der Waals surface area contributed by atoms with Gasteiger partial charge in [0.25, 0.3) is 0 Å². The maximum Gasteiger partial charge on any atom is 0.0840 e. The summed E-state index contributed by atoms with van der Waals surface area (Å²) in [5, 5.41) is 8.10. The first-order valence-corrected chi connectivity index (χ1v) is 5.72. The van der Waals surface area contributed by atoms with Crippen molar-refractivity contribution in [3.63, 3.8) is 0 Å². The quantitative estimate of drug-likeness (QED) is 0.798. The molecule has 1 heterocycles. The van der Waals surface area contributed by atoms with Crippen molar-refractivity contribution < 1.29 is 0 Å². The molecule has 0 unspecified atom stereocenters. The second-order valence-electron chi connectivity index (χ2n) is 4.24. The Kier molecular flexibility index (Phi) is 3.33. The predicted octanol–water partition coefficient (Wildman–Crippen LogP) is 3.31. The third kappa shape index (κ3) is 2.59. The van der Waals surface area contributed by atoms with Crippen LogP contribution in [0.1, 0.15) is 22.4 Å². The number of nitrogens with zero attached hydrogens (tertiary/aromatic N) is 1. The fraction of sp³-hybridized carbons (Fsp3) is 0.200. The van der Waals surface area contributed by atoms with Gasteiger partial charge < -0.3 is 5.41 Å². The fourth-order valence-electron chi connectivity index (χ4n) is 1.94. The summed E-state index contributed by atoms with van der Waals surface area (Å²) >= 11 is 0. The van der Waals surface area contributed by atoms with E-state index in [1.165, 1.54) is 16.7 Å². The molecule has 0 saturated heterocycles. The van der Waals surface area contributed by atoms with Gasteiger partial charge in [-0.1, -0.05) is 24.3 Å². The van der Waals surface area contributed by atoms with Crippen LogP contribution in [0.25, 0.3) is 0 Å². The molecule has 86 valence electrons. The third-order valence-corrected chi connectivity index (χ3v) is 2.97. The van der Waals surface area contributed by atoms with Crippen LogP contribution in [0.3, 0.4) is 0 Å². The van der Waals surface area contributed by atoms with Gasteiger partial charge in [0.1, 0.15) is 0 Å². The van der Waals surface area contributed by atoms with Crippen molar-refractivity contribution in [2.45, 2.75) is 20.3 Å². The summed E-state index contributed by atoms with van der Waals surface area (Å²) in [6, 6.07) is 11.9. The van der Waals surface area contributed by atoms with E-state index in [1.807, 2.05) is 18.2 Å². The average Bonchev–Trinajstić information content (AvgIpc) is 2.35. The van der Waals surface area contributed by atoms with Gasteiger partial charge in [-0.05, 0) is 42.7 Å². The van der Waals surface area contributed by atoms with E-state index in [9.17, 15) is 0 Å². The summed E-state index contributed by atoms with van der Waals surface area (Å²) in [4.78, 5) is 4.21. The molecule has 2 nitrogen and oxygen atoms in total. The molecule has 0 fully saturated rings. The van der Waals surface area contributed by atoms with Crippen LogP contribution in [-0.2, 0) is 6.42 Å². The van der Waals surface area contributed by atoms with Gasteiger partial charge in [0, 0.05) is 12.6 Å². The molecule has 17 heavy (non-hydrogen) atoms. The van der Waals surface area contributed by atoms with Gasteiger partial charge in [-0.25, -0.2) is 0 Å². The maximum atomic E-state index is 8.10. The van der Waals surface area contributed by atoms with Gasteiger partial charge >= 0.3 is 0 Å². The predicted molar refractivity (Wildman–Crippen MR) is 70.7 cm³/mol. The summed E-state index contributed by atoms with van der Waals surface area (Å²) in [5.74, 6) is 0. The molecule has 0 aliphatic carbocycles. The molecule has 2 aromatic rings. The summed E-state index contributed by atoms with van der Waals surface area (Å²) in [7, 11) is 0. The van der Waals surface area contributed by atoms with Crippen molar-refractivity contribution in [2.24, 2.45) is 0 Å². The Morgan fingerprint density at radius 3 is 2.35 bits per heavy atom. The van der Waals surface area contributed by atoms with Crippen LogP contribution in [0, 0.1) is 19.3 Å². The van der Waals surface area contributed by atoms with E-state index in [4.69, 9.17) is 5.41 Å². The van der Waals surface area contributed by atoms with E-state index in [2.05, 4.69) is 37.0 Å². The molecule has 1 aromatic heterocycles. The van der Waals surface area contributed by atoms with Crippen molar-refractivity contribution in [3.05, 3.63) is 65.0 Å². The Morgan fingerprint density at radius 1 is 1.06 bits per heavy atom. The Bertz CT molecular complexity index is 510.